The second-order valence-corrected chi connectivity index (χ2v) is 7.19. The van der Waals surface area contributed by atoms with Crippen molar-refractivity contribution in [2.75, 3.05) is 32.2 Å². The monoisotopic (exact) mass is 397 g/mol. The fraction of sp³-hybridized carbons (Fsp3) is 0.364. The molecule has 2 N–H and O–H groups in total. The summed E-state index contributed by atoms with van der Waals surface area (Å²) < 4.78 is 24.3. The lowest BCUT2D eigenvalue weighted by Gasteiger charge is -2.30. The van der Waals surface area contributed by atoms with Crippen molar-refractivity contribution in [3.63, 3.8) is 0 Å². The summed E-state index contributed by atoms with van der Waals surface area (Å²) in [5, 5.41) is 14.2. The highest BCUT2D eigenvalue weighted by molar-refractivity contribution is 5.96. The van der Waals surface area contributed by atoms with Gasteiger partial charge in [-0.2, -0.15) is 0 Å². The average Bonchev–Trinajstić information content (AvgIpc) is 2.78. The third-order valence-electron chi connectivity index (χ3n) is 5.46. The zero-order chi connectivity index (χ0) is 20.2. The molecule has 0 spiro atoms. The van der Waals surface area contributed by atoms with Gasteiger partial charge in [0, 0.05) is 18.6 Å². The number of halogens is 1. The first-order valence-electron chi connectivity index (χ1n) is 9.73. The average molecular weight is 397 g/mol. The molecule has 152 valence electrons. The van der Waals surface area contributed by atoms with Crippen LogP contribution >= 0.6 is 0 Å². The van der Waals surface area contributed by atoms with Crippen LogP contribution in [0.15, 0.2) is 42.7 Å². The van der Waals surface area contributed by atoms with Crippen LogP contribution in [0.4, 0.5) is 10.2 Å². The van der Waals surface area contributed by atoms with Crippen molar-refractivity contribution in [1.82, 2.24) is 9.97 Å². The van der Waals surface area contributed by atoms with Gasteiger partial charge < -0.3 is 19.9 Å². The van der Waals surface area contributed by atoms with Crippen LogP contribution in [0.3, 0.4) is 0 Å². The minimum atomic E-state index is -0.283. The molecule has 1 fully saturated rings. The zero-order valence-corrected chi connectivity index (χ0v) is 16.3. The summed E-state index contributed by atoms with van der Waals surface area (Å²) in [5.41, 5.74) is 2.42. The van der Waals surface area contributed by atoms with Crippen LogP contribution < -0.4 is 10.1 Å². The van der Waals surface area contributed by atoms with Crippen molar-refractivity contribution in [2.24, 2.45) is 5.92 Å². The van der Waals surface area contributed by atoms with Gasteiger partial charge in [0.15, 0.2) is 0 Å². The molecule has 2 aromatic carbocycles. The number of aromatic nitrogens is 2. The zero-order valence-electron chi connectivity index (χ0n) is 16.3. The standard InChI is InChI=1S/C22H24FN3O3/c1-28-20-11-16(14-2-4-17(23)5-3-14)10-18-21(20)24-13-25-22(18)26-19(12-27)15-6-8-29-9-7-15/h2-5,10-11,13,15,19,27H,6-9,12H2,1H3,(H,24,25,26). The maximum absolute atomic E-state index is 13.3. The van der Waals surface area contributed by atoms with Crippen LogP contribution in [-0.2, 0) is 4.74 Å². The molecule has 6 nitrogen and oxygen atoms in total. The number of ether oxygens (including phenoxy) is 2. The molecule has 0 radical (unpaired) electrons. The Kier molecular flexibility index (Phi) is 5.87. The molecule has 3 aromatic rings. The van der Waals surface area contributed by atoms with E-state index in [9.17, 15) is 9.50 Å². The van der Waals surface area contributed by atoms with Crippen LogP contribution in [0.25, 0.3) is 22.0 Å². The summed E-state index contributed by atoms with van der Waals surface area (Å²) in [4.78, 5) is 8.82. The van der Waals surface area contributed by atoms with Gasteiger partial charge >= 0.3 is 0 Å². The number of nitrogens with one attached hydrogen (secondary N) is 1. The van der Waals surface area contributed by atoms with Crippen LogP contribution in [-0.4, -0.2) is 48.0 Å². The Balaban J connectivity index is 1.75. The molecule has 1 aromatic heterocycles. The third kappa shape index (κ3) is 4.16. The Morgan fingerprint density at radius 3 is 2.62 bits per heavy atom. The van der Waals surface area contributed by atoms with Crippen molar-refractivity contribution in [3.05, 3.63) is 48.5 Å². The predicted octanol–water partition coefficient (Wildman–Crippen LogP) is 3.64. The Morgan fingerprint density at radius 1 is 1.17 bits per heavy atom. The van der Waals surface area contributed by atoms with Crippen LogP contribution in [0.2, 0.25) is 0 Å². The summed E-state index contributed by atoms with van der Waals surface area (Å²) in [6.07, 6.45) is 3.28. The van der Waals surface area contributed by atoms with Crippen molar-refractivity contribution >= 4 is 16.7 Å². The molecule has 1 saturated heterocycles. The van der Waals surface area contributed by atoms with Crippen molar-refractivity contribution in [2.45, 2.75) is 18.9 Å². The number of aliphatic hydroxyl groups is 1. The highest BCUT2D eigenvalue weighted by atomic mass is 19.1. The molecule has 0 bridgehead atoms. The van der Waals surface area contributed by atoms with E-state index in [2.05, 4.69) is 15.3 Å². The molecule has 0 saturated carbocycles. The van der Waals surface area contributed by atoms with E-state index in [0.29, 0.717) is 36.2 Å². The largest absolute Gasteiger partial charge is 0.494 e. The van der Waals surface area contributed by atoms with E-state index < -0.39 is 0 Å². The Hall–Kier alpha value is -2.77. The number of nitrogens with zero attached hydrogens (tertiary/aromatic N) is 2. The third-order valence-corrected chi connectivity index (χ3v) is 5.46. The van der Waals surface area contributed by atoms with Crippen LogP contribution in [0, 0.1) is 11.7 Å². The van der Waals surface area contributed by atoms with Crippen molar-refractivity contribution in [3.8, 4) is 16.9 Å². The maximum Gasteiger partial charge on any atom is 0.145 e. The van der Waals surface area contributed by atoms with Crippen LogP contribution in [0.1, 0.15) is 12.8 Å². The molecule has 0 amide bonds. The van der Waals surface area contributed by atoms with E-state index in [-0.39, 0.29) is 18.5 Å². The fourth-order valence-corrected chi connectivity index (χ4v) is 3.82. The van der Waals surface area contributed by atoms with Gasteiger partial charge in [-0.1, -0.05) is 12.1 Å². The van der Waals surface area contributed by atoms with E-state index >= 15 is 0 Å². The summed E-state index contributed by atoms with van der Waals surface area (Å²) >= 11 is 0. The van der Waals surface area contributed by atoms with Gasteiger partial charge in [-0.05, 0) is 54.2 Å². The Labute approximate surface area is 168 Å². The molecule has 4 rings (SSSR count). The Morgan fingerprint density at radius 2 is 1.93 bits per heavy atom. The summed E-state index contributed by atoms with van der Waals surface area (Å²) in [6.45, 7) is 1.41. The van der Waals surface area contributed by atoms with E-state index in [1.165, 1.54) is 18.5 Å². The lowest BCUT2D eigenvalue weighted by molar-refractivity contribution is 0.0533. The maximum atomic E-state index is 13.3. The summed E-state index contributed by atoms with van der Waals surface area (Å²) in [6, 6.07) is 10.0. The number of benzene rings is 2. The number of methoxy groups -OCH3 is 1. The summed E-state index contributed by atoms with van der Waals surface area (Å²) in [5.74, 6) is 1.28. The van der Waals surface area contributed by atoms with Crippen LogP contribution in [0.5, 0.6) is 5.75 Å². The molecule has 1 atom stereocenters. The first-order chi connectivity index (χ1) is 14.2. The summed E-state index contributed by atoms with van der Waals surface area (Å²) in [7, 11) is 1.59. The molecule has 2 heterocycles. The van der Waals surface area contributed by atoms with Gasteiger partial charge in [0.25, 0.3) is 0 Å². The van der Waals surface area contributed by atoms with Gasteiger partial charge in [-0.25, -0.2) is 14.4 Å². The van der Waals surface area contributed by atoms with E-state index in [1.807, 2.05) is 12.1 Å². The smallest absolute Gasteiger partial charge is 0.145 e. The molecular weight excluding hydrogens is 373 g/mol. The number of anilines is 1. The molecule has 0 aliphatic carbocycles. The lowest BCUT2D eigenvalue weighted by atomic mass is 9.92. The molecule has 1 aliphatic rings. The Bertz CT molecular complexity index is 975. The second kappa shape index (κ2) is 8.71. The molecule has 7 heteroatoms. The number of aliphatic hydroxyl groups excluding tert-OH is 1. The van der Waals surface area contributed by atoms with Gasteiger partial charge in [0.05, 0.1) is 19.8 Å². The first kappa shape index (κ1) is 19.5. The van der Waals surface area contributed by atoms with Gasteiger partial charge in [-0.15, -0.1) is 0 Å². The number of rotatable bonds is 6. The lowest BCUT2D eigenvalue weighted by Crippen LogP contribution is -2.36. The van der Waals surface area contributed by atoms with Gasteiger partial charge in [0.2, 0.25) is 0 Å². The fourth-order valence-electron chi connectivity index (χ4n) is 3.82. The first-order valence-corrected chi connectivity index (χ1v) is 9.73. The number of hydrogen-bond acceptors (Lipinski definition) is 6. The SMILES string of the molecule is COc1cc(-c2ccc(F)cc2)cc2c(NC(CO)C3CCOCC3)ncnc12. The highest BCUT2D eigenvalue weighted by Crippen LogP contribution is 2.34. The molecular formula is C22H24FN3O3. The minimum Gasteiger partial charge on any atom is -0.494 e. The normalized spacial score (nSPS) is 16.0. The molecule has 1 aliphatic heterocycles. The van der Waals surface area contributed by atoms with Gasteiger partial charge in [0.1, 0.15) is 29.2 Å². The number of fused-ring (bicyclic) bond motifs is 1. The van der Waals surface area contributed by atoms with E-state index in [4.69, 9.17) is 9.47 Å². The highest BCUT2D eigenvalue weighted by Gasteiger charge is 2.24. The van der Waals surface area contributed by atoms with Crippen molar-refractivity contribution < 1.29 is 19.0 Å². The molecule has 1 unspecified atom stereocenters. The van der Waals surface area contributed by atoms with E-state index in [1.54, 1.807) is 19.2 Å². The molecule has 29 heavy (non-hydrogen) atoms. The van der Waals surface area contributed by atoms with E-state index in [0.717, 1.165) is 29.4 Å². The topological polar surface area (TPSA) is 76.5 Å². The second-order valence-electron chi connectivity index (χ2n) is 7.19. The van der Waals surface area contributed by atoms with Crippen molar-refractivity contribution in [1.29, 1.82) is 0 Å². The predicted molar refractivity (Wildman–Crippen MR) is 110 cm³/mol. The quantitative estimate of drug-likeness (QED) is 0.661. The number of hydrogen-bond donors (Lipinski definition) is 2. The minimum absolute atomic E-state index is 0.00491. The van der Waals surface area contributed by atoms with Gasteiger partial charge in [-0.3, -0.25) is 0 Å².